The number of carboxylic acids is 1. The molecule has 8 nitrogen and oxygen atoms in total. The first-order valence-electron chi connectivity index (χ1n) is 9.77. The number of nitro benzene ring substituents is 1. The first-order chi connectivity index (χ1) is 15.4. The van der Waals surface area contributed by atoms with Crippen molar-refractivity contribution in [1.82, 2.24) is 0 Å². The molecule has 0 saturated carbocycles. The Morgan fingerprint density at radius 1 is 1.00 bits per heavy atom. The van der Waals surface area contributed by atoms with Crippen LogP contribution in [0.2, 0.25) is 0 Å². The molecule has 3 aromatic carbocycles. The van der Waals surface area contributed by atoms with Gasteiger partial charge in [-0.2, -0.15) is 0 Å². The van der Waals surface area contributed by atoms with Crippen molar-refractivity contribution in [3.05, 3.63) is 106 Å². The minimum Gasteiger partial charge on any atom is -0.478 e. The van der Waals surface area contributed by atoms with Crippen LogP contribution in [0.1, 0.15) is 38.9 Å². The van der Waals surface area contributed by atoms with Crippen molar-refractivity contribution in [2.24, 2.45) is 0 Å². The van der Waals surface area contributed by atoms with E-state index in [2.05, 4.69) is 5.32 Å². The van der Waals surface area contributed by atoms with Crippen molar-refractivity contribution < 1.29 is 24.0 Å². The predicted octanol–water partition coefficient (Wildman–Crippen LogP) is 5.47. The number of hydrogen-bond acceptors (Lipinski definition) is 6. The first kappa shape index (κ1) is 20.8. The normalized spacial score (nSPS) is 11.8. The van der Waals surface area contributed by atoms with Gasteiger partial charge in [0.15, 0.2) is 11.5 Å². The molecule has 0 spiro atoms. The molecule has 160 valence electrons. The second-order valence-corrected chi connectivity index (χ2v) is 7.20. The molecule has 4 rings (SSSR count). The number of carbonyl (C=O) groups excluding carboxylic acids is 1. The molecular weight excluding hydrogens is 412 g/mol. The second kappa shape index (κ2) is 8.73. The summed E-state index contributed by atoms with van der Waals surface area (Å²) in [6.07, 6.45) is 0.0261. The summed E-state index contributed by atoms with van der Waals surface area (Å²) in [4.78, 5) is 34.6. The fourth-order valence-electron chi connectivity index (χ4n) is 3.40. The monoisotopic (exact) mass is 430 g/mol. The Hall–Kier alpha value is -4.46. The van der Waals surface area contributed by atoms with Gasteiger partial charge in [0.1, 0.15) is 5.58 Å². The lowest BCUT2D eigenvalue weighted by Gasteiger charge is -2.19. The van der Waals surface area contributed by atoms with Crippen LogP contribution in [0.5, 0.6) is 0 Å². The molecule has 0 amide bonds. The van der Waals surface area contributed by atoms with Crippen molar-refractivity contribution in [3.63, 3.8) is 0 Å². The lowest BCUT2D eigenvalue weighted by Crippen LogP contribution is -2.15. The fourth-order valence-corrected chi connectivity index (χ4v) is 3.40. The molecule has 4 aromatic rings. The molecule has 0 bridgehead atoms. The average molecular weight is 430 g/mol. The zero-order valence-electron chi connectivity index (χ0n) is 16.7. The smallest absolute Gasteiger partial charge is 0.335 e. The Morgan fingerprint density at radius 3 is 2.31 bits per heavy atom. The number of furan rings is 1. The number of para-hydroxylation sites is 1. The maximum atomic E-state index is 13.0. The summed E-state index contributed by atoms with van der Waals surface area (Å²) < 4.78 is 5.68. The van der Waals surface area contributed by atoms with E-state index in [0.717, 1.165) is 5.39 Å². The molecule has 0 fully saturated rings. The van der Waals surface area contributed by atoms with Crippen LogP contribution in [-0.2, 0) is 0 Å². The van der Waals surface area contributed by atoms with Crippen LogP contribution in [0.25, 0.3) is 11.0 Å². The summed E-state index contributed by atoms with van der Waals surface area (Å²) >= 11 is 0. The van der Waals surface area contributed by atoms with E-state index in [9.17, 15) is 19.7 Å². The zero-order chi connectivity index (χ0) is 22.7. The summed E-state index contributed by atoms with van der Waals surface area (Å²) in [6.45, 7) is 0. The molecule has 0 aliphatic heterocycles. The molecule has 1 unspecified atom stereocenters. The second-order valence-electron chi connectivity index (χ2n) is 7.20. The molecule has 1 atom stereocenters. The highest BCUT2D eigenvalue weighted by atomic mass is 16.6. The molecule has 8 heteroatoms. The minimum absolute atomic E-state index is 0.0261. The number of carboxylic acid groups (broad SMARTS) is 1. The predicted molar refractivity (Wildman–Crippen MR) is 118 cm³/mol. The number of non-ortho nitro benzene ring substituents is 1. The number of nitrogens with one attached hydrogen (secondary N) is 1. The molecule has 0 saturated heterocycles. The number of fused-ring (bicyclic) bond motifs is 1. The number of benzene rings is 3. The highest BCUT2D eigenvalue weighted by Crippen LogP contribution is 2.28. The van der Waals surface area contributed by atoms with Gasteiger partial charge in [-0.3, -0.25) is 14.9 Å². The van der Waals surface area contributed by atoms with Gasteiger partial charge in [-0.1, -0.05) is 30.3 Å². The summed E-state index contributed by atoms with van der Waals surface area (Å²) in [5.41, 5.74) is 1.97. The number of carbonyl (C=O) groups is 2. The fraction of sp³-hybridized carbons (Fsp3) is 0.0833. The number of aromatic carboxylic acids is 1. The SMILES string of the molecule is O=C(O)c1ccc(NC(CC(=O)c2cc3ccccc3o2)c2ccc([N+](=O)[O-])cc2)cc1. The van der Waals surface area contributed by atoms with Gasteiger partial charge in [0.05, 0.1) is 16.5 Å². The van der Waals surface area contributed by atoms with Crippen molar-refractivity contribution >= 4 is 34.1 Å². The van der Waals surface area contributed by atoms with E-state index >= 15 is 0 Å². The van der Waals surface area contributed by atoms with Gasteiger partial charge in [0.25, 0.3) is 5.69 Å². The van der Waals surface area contributed by atoms with Gasteiger partial charge in [0, 0.05) is 29.6 Å². The Morgan fingerprint density at radius 2 is 1.69 bits per heavy atom. The van der Waals surface area contributed by atoms with Crippen LogP contribution >= 0.6 is 0 Å². The third-order valence-corrected chi connectivity index (χ3v) is 5.07. The summed E-state index contributed by atoms with van der Waals surface area (Å²) in [5, 5.41) is 24.1. The van der Waals surface area contributed by atoms with E-state index in [-0.39, 0.29) is 29.2 Å². The topological polar surface area (TPSA) is 123 Å². The van der Waals surface area contributed by atoms with Crippen LogP contribution in [0.15, 0.2) is 83.3 Å². The van der Waals surface area contributed by atoms with E-state index in [4.69, 9.17) is 9.52 Å². The molecule has 0 aliphatic rings. The number of rotatable bonds is 8. The van der Waals surface area contributed by atoms with E-state index in [1.54, 1.807) is 36.4 Å². The summed E-state index contributed by atoms with van der Waals surface area (Å²) in [7, 11) is 0. The van der Waals surface area contributed by atoms with Gasteiger partial charge in [-0.25, -0.2) is 4.79 Å². The van der Waals surface area contributed by atoms with Gasteiger partial charge in [-0.15, -0.1) is 0 Å². The number of nitro groups is 1. The third kappa shape index (κ3) is 4.49. The van der Waals surface area contributed by atoms with Crippen LogP contribution in [-0.4, -0.2) is 21.8 Å². The van der Waals surface area contributed by atoms with Gasteiger partial charge >= 0.3 is 5.97 Å². The Kier molecular flexibility index (Phi) is 5.67. The summed E-state index contributed by atoms with van der Waals surface area (Å²) in [6, 6.07) is 20.5. The van der Waals surface area contributed by atoms with Crippen LogP contribution < -0.4 is 5.32 Å². The van der Waals surface area contributed by atoms with Crippen LogP contribution in [0.4, 0.5) is 11.4 Å². The maximum absolute atomic E-state index is 13.0. The highest BCUT2D eigenvalue weighted by molar-refractivity contribution is 5.98. The summed E-state index contributed by atoms with van der Waals surface area (Å²) in [5.74, 6) is -1.05. The Balaban J connectivity index is 1.61. The highest BCUT2D eigenvalue weighted by Gasteiger charge is 2.21. The first-order valence-corrected chi connectivity index (χ1v) is 9.77. The Labute approximate surface area is 182 Å². The third-order valence-electron chi connectivity index (χ3n) is 5.07. The molecule has 32 heavy (non-hydrogen) atoms. The van der Waals surface area contributed by atoms with Crippen LogP contribution in [0.3, 0.4) is 0 Å². The Bertz CT molecular complexity index is 1260. The lowest BCUT2D eigenvalue weighted by molar-refractivity contribution is -0.384. The molecule has 1 heterocycles. The van der Waals surface area contributed by atoms with E-state index in [1.165, 1.54) is 24.3 Å². The van der Waals surface area contributed by atoms with E-state index in [1.807, 2.05) is 18.2 Å². The van der Waals surface area contributed by atoms with E-state index in [0.29, 0.717) is 16.8 Å². The van der Waals surface area contributed by atoms with Gasteiger partial charge in [0.2, 0.25) is 0 Å². The zero-order valence-corrected chi connectivity index (χ0v) is 16.7. The largest absolute Gasteiger partial charge is 0.478 e. The maximum Gasteiger partial charge on any atom is 0.335 e. The molecule has 0 aliphatic carbocycles. The van der Waals surface area contributed by atoms with Gasteiger partial charge in [-0.05, 0) is 42.0 Å². The molecule has 1 aromatic heterocycles. The minimum atomic E-state index is -1.04. The van der Waals surface area contributed by atoms with Crippen molar-refractivity contribution in [2.75, 3.05) is 5.32 Å². The molecule has 0 radical (unpaired) electrons. The number of Topliss-reactive ketones (excluding diaryl/α,β-unsaturated/α-hetero) is 1. The molecule has 2 N–H and O–H groups in total. The number of ketones is 1. The van der Waals surface area contributed by atoms with Crippen molar-refractivity contribution in [2.45, 2.75) is 12.5 Å². The van der Waals surface area contributed by atoms with E-state index < -0.39 is 16.9 Å². The number of anilines is 1. The van der Waals surface area contributed by atoms with Crippen LogP contribution in [0, 0.1) is 10.1 Å². The average Bonchev–Trinajstić information content (AvgIpc) is 3.23. The van der Waals surface area contributed by atoms with Gasteiger partial charge < -0.3 is 14.8 Å². The lowest BCUT2D eigenvalue weighted by atomic mass is 9.99. The number of hydrogen-bond donors (Lipinski definition) is 2. The quantitative estimate of drug-likeness (QED) is 0.216. The van der Waals surface area contributed by atoms with Crippen molar-refractivity contribution in [3.8, 4) is 0 Å². The standard InChI is InChI=1S/C24H18N2O6/c27-21(23-13-17-3-1-2-4-22(17)32-23)14-20(15-7-11-19(12-8-15)26(30)31)25-18-9-5-16(6-10-18)24(28)29/h1-13,20,25H,14H2,(H,28,29). The van der Waals surface area contributed by atoms with Crippen molar-refractivity contribution in [1.29, 1.82) is 0 Å². The number of nitrogens with zero attached hydrogens (tertiary/aromatic N) is 1. The molecular formula is C24H18N2O6.